The Hall–Kier alpha value is 0.310. The summed E-state index contributed by atoms with van der Waals surface area (Å²) >= 11 is 4.73. The van der Waals surface area contributed by atoms with E-state index in [0.29, 0.717) is 10.8 Å². The zero-order chi connectivity index (χ0) is 13.8. The van der Waals surface area contributed by atoms with Gasteiger partial charge in [-0.25, -0.2) is 0 Å². The Morgan fingerprint density at radius 3 is 2.00 bits per heavy atom. The van der Waals surface area contributed by atoms with Crippen molar-refractivity contribution in [2.24, 2.45) is 10.8 Å². The summed E-state index contributed by atoms with van der Waals surface area (Å²) in [7, 11) is 0. The van der Waals surface area contributed by atoms with E-state index in [2.05, 4.69) is 18.7 Å². The third-order valence-corrected chi connectivity index (χ3v) is 6.75. The van der Waals surface area contributed by atoms with Gasteiger partial charge in [0.25, 0.3) is 0 Å². The molecule has 0 spiro atoms. The van der Waals surface area contributed by atoms with Gasteiger partial charge in [0.05, 0.1) is 0 Å². The molecule has 2 rings (SSSR count). The normalized spacial score (nSPS) is 27.3. The van der Waals surface area contributed by atoms with Crippen LogP contribution in [-0.4, -0.2) is 30.3 Å². The molecule has 0 bridgehead atoms. The molecule has 1 saturated heterocycles. The van der Waals surface area contributed by atoms with Gasteiger partial charge in [-0.15, -0.1) is 0 Å². The predicted molar refractivity (Wildman–Crippen MR) is 88.1 cm³/mol. The highest BCUT2D eigenvalue weighted by Crippen LogP contribution is 2.41. The third-order valence-electron chi connectivity index (χ3n) is 6.08. The van der Waals surface area contributed by atoms with Gasteiger partial charge < -0.3 is 4.90 Å². The van der Waals surface area contributed by atoms with E-state index >= 15 is 0 Å². The number of likely N-dealkylation sites (tertiary alicyclic amines) is 1. The Morgan fingerprint density at radius 2 is 1.53 bits per heavy atom. The first-order chi connectivity index (χ1) is 9.17. The fourth-order valence-electron chi connectivity index (χ4n) is 4.31. The summed E-state index contributed by atoms with van der Waals surface area (Å²) in [5.41, 5.74) is 1.15. The van der Waals surface area contributed by atoms with Crippen LogP contribution in [0.3, 0.4) is 0 Å². The van der Waals surface area contributed by atoms with Gasteiger partial charge in [-0.2, -0.15) is 12.6 Å². The molecule has 19 heavy (non-hydrogen) atoms. The molecule has 1 aliphatic carbocycles. The molecule has 0 aromatic carbocycles. The minimum absolute atomic E-state index is 0.525. The van der Waals surface area contributed by atoms with Crippen LogP contribution in [0.1, 0.15) is 71.6 Å². The second-order valence-electron chi connectivity index (χ2n) is 7.24. The standard InChI is InChI=1S/C17H33NS/c1-3-16(4-2)11-12-18(13-16)14-17(15-19)9-7-5-6-8-10-17/h19H,3-15H2,1-2H3. The predicted octanol–water partition coefficient (Wildman–Crippen LogP) is 4.77. The highest BCUT2D eigenvalue weighted by Gasteiger charge is 2.39. The van der Waals surface area contributed by atoms with Crippen LogP contribution in [0, 0.1) is 10.8 Å². The molecule has 2 fully saturated rings. The molecule has 112 valence electrons. The minimum Gasteiger partial charge on any atom is -0.302 e. The van der Waals surface area contributed by atoms with Crippen molar-refractivity contribution >= 4 is 12.6 Å². The molecule has 0 atom stereocenters. The SMILES string of the molecule is CCC1(CC)CCN(CC2(CS)CCCCCC2)C1. The first-order valence-corrected chi connectivity index (χ1v) is 9.14. The monoisotopic (exact) mass is 283 g/mol. The zero-order valence-electron chi connectivity index (χ0n) is 13.1. The van der Waals surface area contributed by atoms with E-state index in [1.54, 1.807) is 0 Å². The summed E-state index contributed by atoms with van der Waals surface area (Å²) in [5, 5.41) is 0. The van der Waals surface area contributed by atoms with Crippen molar-refractivity contribution < 1.29 is 0 Å². The molecule has 1 saturated carbocycles. The maximum Gasteiger partial charge on any atom is 0.00460 e. The van der Waals surface area contributed by atoms with Gasteiger partial charge in [0.15, 0.2) is 0 Å². The van der Waals surface area contributed by atoms with Crippen molar-refractivity contribution in [3.63, 3.8) is 0 Å². The highest BCUT2D eigenvalue weighted by atomic mass is 32.1. The number of nitrogens with zero attached hydrogens (tertiary/aromatic N) is 1. The van der Waals surface area contributed by atoms with Crippen LogP contribution < -0.4 is 0 Å². The Labute approximate surface area is 125 Å². The van der Waals surface area contributed by atoms with Crippen LogP contribution >= 0.6 is 12.6 Å². The first-order valence-electron chi connectivity index (χ1n) is 8.51. The maximum absolute atomic E-state index is 4.73. The third kappa shape index (κ3) is 3.69. The summed E-state index contributed by atoms with van der Waals surface area (Å²) in [5.74, 6) is 1.09. The number of thiol groups is 1. The quantitative estimate of drug-likeness (QED) is 0.562. The lowest BCUT2D eigenvalue weighted by molar-refractivity contribution is 0.154. The average molecular weight is 284 g/mol. The first kappa shape index (κ1) is 15.7. The second kappa shape index (κ2) is 6.85. The Morgan fingerprint density at radius 1 is 0.895 bits per heavy atom. The van der Waals surface area contributed by atoms with E-state index in [0.717, 1.165) is 5.75 Å². The maximum atomic E-state index is 4.73. The number of rotatable bonds is 5. The summed E-state index contributed by atoms with van der Waals surface area (Å²) in [6, 6.07) is 0. The molecule has 2 heteroatoms. The molecule has 0 aromatic heterocycles. The molecular formula is C17H33NS. The highest BCUT2D eigenvalue weighted by molar-refractivity contribution is 7.80. The van der Waals surface area contributed by atoms with E-state index in [9.17, 15) is 0 Å². The fourth-order valence-corrected chi connectivity index (χ4v) is 4.73. The van der Waals surface area contributed by atoms with E-state index in [1.807, 2.05) is 0 Å². The second-order valence-corrected chi connectivity index (χ2v) is 7.56. The lowest BCUT2D eigenvalue weighted by Crippen LogP contribution is -2.39. The summed E-state index contributed by atoms with van der Waals surface area (Å²) in [6.45, 7) is 8.76. The molecular weight excluding hydrogens is 250 g/mol. The summed E-state index contributed by atoms with van der Waals surface area (Å²) < 4.78 is 0. The molecule has 0 amide bonds. The lowest BCUT2D eigenvalue weighted by atomic mass is 9.80. The minimum atomic E-state index is 0.525. The van der Waals surface area contributed by atoms with Crippen molar-refractivity contribution in [3.8, 4) is 0 Å². The zero-order valence-corrected chi connectivity index (χ0v) is 14.0. The van der Waals surface area contributed by atoms with E-state index < -0.39 is 0 Å². The molecule has 0 N–H and O–H groups in total. The average Bonchev–Trinajstić information content (AvgIpc) is 2.71. The molecule has 0 aromatic rings. The Bertz CT molecular complexity index is 264. The van der Waals surface area contributed by atoms with Gasteiger partial charge in [0, 0.05) is 13.1 Å². The number of hydrogen-bond donors (Lipinski definition) is 1. The van der Waals surface area contributed by atoms with Gasteiger partial charge in [0.1, 0.15) is 0 Å². The molecule has 1 aliphatic heterocycles. The molecule has 0 unspecified atom stereocenters. The van der Waals surface area contributed by atoms with Gasteiger partial charge >= 0.3 is 0 Å². The van der Waals surface area contributed by atoms with Crippen LogP contribution in [0.5, 0.6) is 0 Å². The summed E-state index contributed by atoms with van der Waals surface area (Å²) in [4.78, 5) is 2.77. The Balaban J connectivity index is 1.95. The van der Waals surface area contributed by atoms with Crippen molar-refractivity contribution in [2.75, 3.05) is 25.4 Å². The van der Waals surface area contributed by atoms with Crippen molar-refractivity contribution in [1.82, 2.24) is 4.90 Å². The lowest BCUT2D eigenvalue weighted by Gasteiger charge is -2.36. The van der Waals surface area contributed by atoms with Gasteiger partial charge in [-0.1, -0.05) is 39.5 Å². The van der Waals surface area contributed by atoms with Gasteiger partial charge in [-0.3, -0.25) is 0 Å². The topological polar surface area (TPSA) is 3.24 Å². The Kier molecular flexibility index (Phi) is 5.65. The fraction of sp³-hybridized carbons (Fsp3) is 1.00. The van der Waals surface area contributed by atoms with Crippen LogP contribution in [0.15, 0.2) is 0 Å². The smallest absolute Gasteiger partial charge is 0.00460 e. The van der Waals surface area contributed by atoms with Crippen molar-refractivity contribution in [3.05, 3.63) is 0 Å². The van der Waals surface area contributed by atoms with Crippen LogP contribution in [-0.2, 0) is 0 Å². The van der Waals surface area contributed by atoms with Crippen LogP contribution in [0.2, 0.25) is 0 Å². The van der Waals surface area contributed by atoms with E-state index in [1.165, 1.54) is 77.4 Å². The molecule has 1 heterocycles. The van der Waals surface area contributed by atoms with Crippen molar-refractivity contribution in [2.45, 2.75) is 71.6 Å². The van der Waals surface area contributed by atoms with Gasteiger partial charge in [-0.05, 0) is 55.2 Å². The van der Waals surface area contributed by atoms with Crippen molar-refractivity contribution in [1.29, 1.82) is 0 Å². The van der Waals surface area contributed by atoms with E-state index in [4.69, 9.17) is 12.6 Å². The largest absolute Gasteiger partial charge is 0.302 e. The summed E-state index contributed by atoms with van der Waals surface area (Å²) in [6.07, 6.45) is 12.7. The molecule has 1 nitrogen and oxygen atoms in total. The van der Waals surface area contributed by atoms with Crippen LogP contribution in [0.4, 0.5) is 0 Å². The number of hydrogen-bond acceptors (Lipinski definition) is 2. The van der Waals surface area contributed by atoms with Crippen LogP contribution in [0.25, 0.3) is 0 Å². The molecule has 0 radical (unpaired) electrons. The van der Waals surface area contributed by atoms with Gasteiger partial charge in [0.2, 0.25) is 0 Å². The molecule has 2 aliphatic rings. The van der Waals surface area contributed by atoms with E-state index in [-0.39, 0.29) is 0 Å².